The number of unbranched alkanes of at least 4 members (excludes halogenated alkanes) is 4. The van der Waals surface area contributed by atoms with E-state index in [1.165, 1.54) is 6.42 Å². The lowest BCUT2D eigenvalue weighted by molar-refractivity contribution is 0.0450. The van der Waals surface area contributed by atoms with Crippen LogP contribution in [0.2, 0.25) is 0 Å². The number of ether oxygens (including phenoxy) is 2. The number of esters is 2. The van der Waals surface area contributed by atoms with Gasteiger partial charge in [-0.1, -0.05) is 51.7 Å². The molecule has 1 aromatic carbocycles. The molecule has 1 unspecified atom stereocenters. The van der Waals surface area contributed by atoms with E-state index < -0.39 is 11.9 Å². The molecule has 1 aromatic rings. The standard InChI is InChI=1S/C23H36O5/c1-18(2)12-6-4-10-16-27-22(25)20-14-8-9-15-21(20)23(26)28-17-11-5-7-13-19(3)24/h8-9,14-15,18-19,24H,4-7,10-13,16-17H2,1-3H3. The normalized spacial score (nSPS) is 12.0. The monoisotopic (exact) mass is 392 g/mol. The van der Waals surface area contributed by atoms with Crippen LogP contribution in [0.15, 0.2) is 24.3 Å². The summed E-state index contributed by atoms with van der Waals surface area (Å²) >= 11 is 0. The van der Waals surface area contributed by atoms with E-state index in [9.17, 15) is 14.7 Å². The largest absolute Gasteiger partial charge is 0.462 e. The van der Waals surface area contributed by atoms with Crippen LogP contribution in [0.4, 0.5) is 0 Å². The minimum absolute atomic E-state index is 0.247. The molecule has 0 aromatic heterocycles. The maximum Gasteiger partial charge on any atom is 0.339 e. The third-order valence-electron chi connectivity index (χ3n) is 4.53. The summed E-state index contributed by atoms with van der Waals surface area (Å²) in [5.74, 6) is -0.285. The van der Waals surface area contributed by atoms with E-state index in [4.69, 9.17) is 9.47 Å². The number of hydrogen-bond donors (Lipinski definition) is 1. The summed E-state index contributed by atoms with van der Waals surface area (Å²) in [6.45, 7) is 6.83. The van der Waals surface area contributed by atoms with Crippen LogP contribution in [-0.4, -0.2) is 36.4 Å². The van der Waals surface area contributed by atoms with Gasteiger partial charge in [0.15, 0.2) is 0 Å². The highest BCUT2D eigenvalue weighted by Crippen LogP contribution is 2.14. The molecular weight excluding hydrogens is 356 g/mol. The van der Waals surface area contributed by atoms with Gasteiger partial charge in [-0.15, -0.1) is 0 Å². The lowest BCUT2D eigenvalue weighted by Crippen LogP contribution is -2.15. The first-order valence-corrected chi connectivity index (χ1v) is 10.5. The van der Waals surface area contributed by atoms with E-state index in [-0.39, 0.29) is 17.2 Å². The van der Waals surface area contributed by atoms with Crippen molar-refractivity contribution in [3.63, 3.8) is 0 Å². The van der Waals surface area contributed by atoms with E-state index in [1.54, 1.807) is 31.2 Å². The molecule has 0 aliphatic carbocycles. The van der Waals surface area contributed by atoms with Crippen LogP contribution in [0.5, 0.6) is 0 Å². The van der Waals surface area contributed by atoms with E-state index in [2.05, 4.69) is 13.8 Å². The number of rotatable bonds is 14. The highest BCUT2D eigenvalue weighted by atomic mass is 16.5. The van der Waals surface area contributed by atoms with Gasteiger partial charge in [0.25, 0.3) is 0 Å². The maximum atomic E-state index is 12.3. The fourth-order valence-electron chi connectivity index (χ4n) is 2.87. The average molecular weight is 393 g/mol. The van der Waals surface area contributed by atoms with Crippen LogP contribution < -0.4 is 0 Å². The van der Waals surface area contributed by atoms with E-state index in [0.717, 1.165) is 44.9 Å². The number of hydrogen-bond acceptors (Lipinski definition) is 5. The van der Waals surface area contributed by atoms with Crippen LogP contribution >= 0.6 is 0 Å². The molecule has 0 spiro atoms. The van der Waals surface area contributed by atoms with Crippen molar-refractivity contribution in [2.45, 2.75) is 78.2 Å². The SMILES string of the molecule is CC(C)CCCCCOC(=O)c1ccccc1C(=O)OCCCCCC(C)O. The van der Waals surface area contributed by atoms with Gasteiger partial charge in [0.2, 0.25) is 0 Å². The zero-order chi connectivity index (χ0) is 20.8. The number of benzene rings is 1. The summed E-state index contributed by atoms with van der Waals surface area (Å²) in [5.41, 5.74) is 0.500. The molecule has 158 valence electrons. The Hall–Kier alpha value is -1.88. The van der Waals surface area contributed by atoms with Gasteiger partial charge in [-0.05, 0) is 50.7 Å². The fraction of sp³-hybridized carbons (Fsp3) is 0.652. The molecule has 0 saturated heterocycles. The smallest absolute Gasteiger partial charge is 0.339 e. The van der Waals surface area contributed by atoms with E-state index >= 15 is 0 Å². The van der Waals surface area contributed by atoms with Crippen LogP contribution in [0.3, 0.4) is 0 Å². The maximum absolute atomic E-state index is 12.3. The van der Waals surface area contributed by atoms with Gasteiger partial charge in [0, 0.05) is 0 Å². The molecule has 5 nitrogen and oxygen atoms in total. The molecule has 0 aliphatic heterocycles. The highest BCUT2D eigenvalue weighted by molar-refractivity contribution is 6.03. The van der Waals surface area contributed by atoms with Gasteiger partial charge in [0.1, 0.15) is 0 Å². The summed E-state index contributed by atoms with van der Waals surface area (Å²) in [4.78, 5) is 24.7. The minimum atomic E-state index is -0.500. The Morgan fingerprint density at radius 2 is 1.25 bits per heavy atom. The molecule has 0 heterocycles. The molecular formula is C23H36O5. The molecule has 28 heavy (non-hydrogen) atoms. The molecule has 1 atom stereocenters. The molecule has 5 heteroatoms. The van der Waals surface area contributed by atoms with Gasteiger partial charge in [0.05, 0.1) is 30.4 Å². The van der Waals surface area contributed by atoms with Gasteiger partial charge in [-0.2, -0.15) is 0 Å². The van der Waals surface area contributed by atoms with Crippen molar-refractivity contribution in [2.24, 2.45) is 5.92 Å². The predicted molar refractivity (Wildman–Crippen MR) is 110 cm³/mol. The number of carbonyl (C=O) groups excluding carboxylic acids is 2. The molecule has 0 saturated carbocycles. The van der Waals surface area contributed by atoms with Crippen molar-refractivity contribution >= 4 is 11.9 Å². The first-order chi connectivity index (χ1) is 13.4. The van der Waals surface area contributed by atoms with E-state index in [0.29, 0.717) is 19.1 Å². The molecule has 0 amide bonds. The van der Waals surface area contributed by atoms with Crippen LogP contribution in [0, 0.1) is 5.92 Å². The second-order valence-corrected chi connectivity index (χ2v) is 7.76. The van der Waals surface area contributed by atoms with Gasteiger partial charge in [-0.25, -0.2) is 9.59 Å². The first-order valence-electron chi connectivity index (χ1n) is 10.5. The van der Waals surface area contributed by atoms with Crippen LogP contribution in [0.1, 0.15) is 92.9 Å². The molecule has 0 fully saturated rings. The lowest BCUT2D eigenvalue weighted by Gasteiger charge is -2.10. The Bertz CT molecular complexity index is 529. The molecule has 0 radical (unpaired) electrons. The van der Waals surface area contributed by atoms with Gasteiger partial charge < -0.3 is 14.6 Å². The Kier molecular flexibility index (Phi) is 12.2. The Balaban J connectivity index is 2.39. The summed E-state index contributed by atoms with van der Waals surface area (Å²) < 4.78 is 10.6. The molecule has 1 N–H and O–H groups in total. The summed E-state index contributed by atoms with van der Waals surface area (Å²) in [5, 5.41) is 9.23. The zero-order valence-electron chi connectivity index (χ0n) is 17.6. The second-order valence-electron chi connectivity index (χ2n) is 7.76. The topological polar surface area (TPSA) is 72.8 Å². The number of aliphatic hydroxyl groups is 1. The quantitative estimate of drug-likeness (QED) is 0.350. The average Bonchev–Trinajstić information content (AvgIpc) is 2.66. The Morgan fingerprint density at radius 3 is 1.68 bits per heavy atom. The summed E-state index contributed by atoms with van der Waals surface area (Å²) in [7, 11) is 0. The third-order valence-corrected chi connectivity index (χ3v) is 4.53. The third kappa shape index (κ3) is 10.5. The molecule has 0 aliphatic rings. The van der Waals surface area contributed by atoms with Crippen molar-refractivity contribution < 1.29 is 24.2 Å². The van der Waals surface area contributed by atoms with E-state index in [1.807, 2.05) is 0 Å². The second kappa shape index (κ2) is 14.2. The molecule has 0 bridgehead atoms. The summed E-state index contributed by atoms with van der Waals surface area (Å²) in [6, 6.07) is 6.61. The fourth-order valence-corrected chi connectivity index (χ4v) is 2.87. The highest BCUT2D eigenvalue weighted by Gasteiger charge is 2.18. The van der Waals surface area contributed by atoms with Crippen molar-refractivity contribution in [1.82, 2.24) is 0 Å². The predicted octanol–water partition coefficient (Wildman–Crippen LogP) is 5.16. The lowest BCUT2D eigenvalue weighted by atomic mass is 10.1. The number of carbonyl (C=O) groups is 2. The van der Waals surface area contributed by atoms with Gasteiger partial charge >= 0.3 is 11.9 Å². The van der Waals surface area contributed by atoms with Crippen molar-refractivity contribution in [1.29, 1.82) is 0 Å². The van der Waals surface area contributed by atoms with Crippen molar-refractivity contribution in [3.8, 4) is 0 Å². The zero-order valence-corrected chi connectivity index (χ0v) is 17.6. The van der Waals surface area contributed by atoms with Crippen LogP contribution in [-0.2, 0) is 9.47 Å². The Morgan fingerprint density at radius 1 is 0.786 bits per heavy atom. The first kappa shape index (κ1) is 24.2. The molecule has 1 rings (SSSR count). The van der Waals surface area contributed by atoms with Gasteiger partial charge in [-0.3, -0.25) is 0 Å². The Labute approximate surface area is 169 Å². The van der Waals surface area contributed by atoms with Crippen molar-refractivity contribution in [3.05, 3.63) is 35.4 Å². The number of aliphatic hydroxyl groups excluding tert-OH is 1. The summed E-state index contributed by atoms with van der Waals surface area (Å²) in [6.07, 6.45) is 7.16. The minimum Gasteiger partial charge on any atom is -0.462 e. The van der Waals surface area contributed by atoms with Crippen molar-refractivity contribution in [2.75, 3.05) is 13.2 Å². The van der Waals surface area contributed by atoms with Crippen LogP contribution in [0.25, 0.3) is 0 Å².